The van der Waals surface area contributed by atoms with Crippen LogP contribution in [0.4, 0.5) is 32.0 Å². The van der Waals surface area contributed by atoms with Crippen molar-refractivity contribution in [2.45, 2.75) is 37.2 Å². The Bertz CT molecular complexity index is 1110. The minimum Gasteiger partial charge on any atom is -0.481 e. The summed E-state index contributed by atoms with van der Waals surface area (Å²) in [5.74, 6) is -1.72. The standard InChI is InChI=1S/C20H20F6N2O4S/c1-11-5-6-16(33(30,31)28(3)4)10-17(11)27-18(29)12(2)32-15-8-13(19(21,22)23)7-14(9-15)20(24,25)26/h5-10,12H,1-4H3,(H,27,29)/t12-/m0/s1. The van der Waals surface area contributed by atoms with Crippen LogP contribution in [0.3, 0.4) is 0 Å². The number of hydrogen-bond acceptors (Lipinski definition) is 4. The summed E-state index contributed by atoms with van der Waals surface area (Å²) < 4.78 is 109. The van der Waals surface area contributed by atoms with Crippen LogP contribution in [-0.2, 0) is 27.2 Å². The summed E-state index contributed by atoms with van der Waals surface area (Å²) >= 11 is 0. The van der Waals surface area contributed by atoms with Crippen LogP contribution in [0.1, 0.15) is 23.6 Å². The van der Waals surface area contributed by atoms with Gasteiger partial charge in [0.05, 0.1) is 16.0 Å². The molecule has 0 saturated heterocycles. The third kappa shape index (κ3) is 6.38. The summed E-state index contributed by atoms with van der Waals surface area (Å²) in [6, 6.07) is 4.59. The molecule has 1 N–H and O–H groups in total. The number of nitrogens with one attached hydrogen (secondary N) is 1. The van der Waals surface area contributed by atoms with Gasteiger partial charge < -0.3 is 10.1 Å². The molecule has 0 saturated carbocycles. The van der Waals surface area contributed by atoms with E-state index in [1.165, 1.54) is 32.3 Å². The van der Waals surface area contributed by atoms with Gasteiger partial charge in [-0.1, -0.05) is 6.07 Å². The molecule has 33 heavy (non-hydrogen) atoms. The van der Waals surface area contributed by atoms with Gasteiger partial charge in [0.25, 0.3) is 5.91 Å². The Morgan fingerprint density at radius 1 is 0.970 bits per heavy atom. The van der Waals surface area contributed by atoms with E-state index in [1.807, 2.05) is 0 Å². The maximum absolute atomic E-state index is 13.0. The van der Waals surface area contributed by atoms with Crippen molar-refractivity contribution in [3.05, 3.63) is 53.1 Å². The lowest BCUT2D eigenvalue weighted by molar-refractivity contribution is -0.143. The van der Waals surface area contributed by atoms with Crippen molar-refractivity contribution < 1.29 is 44.3 Å². The lowest BCUT2D eigenvalue weighted by Gasteiger charge is -2.19. The minimum atomic E-state index is -5.07. The number of sulfonamides is 1. The molecule has 0 unspecified atom stereocenters. The molecule has 2 rings (SSSR count). The van der Waals surface area contributed by atoms with Gasteiger partial charge in [-0.2, -0.15) is 26.3 Å². The first-order chi connectivity index (χ1) is 14.9. The second kappa shape index (κ2) is 9.21. The SMILES string of the molecule is Cc1ccc(S(=O)(=O)N(C)C)cc1NC(=O)[C@H](C)Oc1cc(C(F)(F)F)cc(C(F)(F)F)c1. The monoisotopic (exact) mass is 498 g/mol. The highest BCUT2D eigenvalue weighted by molar-refractivity contribution is 7.89. The highest BCUT2D eigenvalue weighted by atomic mass is 32.2. The number of alkyl halides is 6. The third-order valence-electron chi connectivity index (χ3n) is 4.49. The molecule has 182 valence electrons. The Kier molecular flexibility index (Phi) is 7.39. The Morgan fingerprint density at radius 2 is 1.48 bits per heavy atom. The molecule has 0 aliphatic carbocycles. The topological polar surface area (TPSA) is 75.7 Å². The van der Waals surface area contributed by atoms with Gasteiger partial charge in [0.15, 0.2) is 6.10 Å². The number of aryl methyl sites for hydroxylation is 1. The first-order valence-corrected chi connectivity index (χ1v) is 10.7. The predicted octanol–water partition coefficient (Wildman–Crippen LogP) is 4.69. The summed E-state index contributed by atoms with van der Waals surface area (Å²) in [7, 11) is -1.19. The van der Waals surface area contributed by atoms with Crippen LogP contribution in [0.15, 0.2) is 41.3 Å². The summed E-state index contributed by atoms with van der Waals surface area (Å²) in [6.07, 6.45) is -11.6. The van der Waals surface area contributed by atoms with Gasteiger partial charge in [-0.3, -0.25) is 4.79 Å². The third-order valence-corrected chi connectivity index (χ3v) is 6.30. The zero-order chi connectivity index (χ0) is 25.4. The van der Waals surface area contributed by atoms with E-state index < -0.39 is 51.3 Å². The van der Waals surface area contributed by atoms with Gasteiger partial charge in [0, 0.05) is 19.8 Å². The zero-order valence-corrected chi connectivity index (χ0v) is 18.6. The first-order valence-electron chi connectivity index (χ1n) is 9.23. The van der Waals surface area contributed by atoms with Crippen molar-refractivity contribution in [3.63, 3.8) is 0 Å². The molecule has 6 nitrogen and oxygen atoms in total. The van der Waals surface area contributed by atoms with Gasteiger partial charge in [-0.25, -0.2) is 12.7 Å². The molecule has 0 aliphatic rings. The van der Waals surface area contributed by atoms with E-state index in [1.54, 1.807) is 6.92 Å². The molecule has 0 heterocycles. The van der Waals surface area contributed by atoms with E-state index in [2.05, 4.69) is 5.32 Å². The minimum absolute atomic E-state index is 0.0579. The number of amides is 1. The maximum Gasteiger partial charge on any atom is 0.416 e. The van der Waals surface area contributed by atoms with Crippen molar-refractivity contribution in [2.24, 2.45) is 0 Å². The number of nitrogens with zero attached hydrogens (tertiary/aromatic N) is 1. The number of ether oxygens (including phenoxy) is 1. The second-order valence-electron chi connectivity index (χ2n) is 7.26. The van der Waals surface area contributed by atoms with E-state index in [4.69, 9.17) is 4.74 Å². The highest BCUT2D eigenvalue weighted by Crippen LogP contribution is 2.38. The summed E-state index contributed by atoms with van der Waals surface area (Å²) in [5.41, 5.74) is -2.63. The molecule has 1 amide bonds. The molecule has 0 bridgehead atoms. The number of carbonyl (C=O) groups is 1. The number of benzene rings is 2. The molecule has 0 spiro atoms. The van der Waals surface area contributed by atoms with Crippen molar-refractivity contribution in [1.82, 2.24) is 4.31 Å². The van der Waals surface area contributed by atoms with E-state index in [-0.39, 0.29) is 16.6 Å². The van der Waals surface area contributed by atoms with Crippen molar-refractivity contribution in [2.75, 3.05) is 19.4 Å². The first kappa shape index (κ1) is 26.5. The number of hydrogen-bond donors (Lipinski definition) is 1. The van der Waals surface area contributed by atoms with Crippen LogP contribution in [0.2, 0.25) is 0 Å². The van der Waals surface area contributed by atoms with E-state index >= 15 is 0 Å². The van der Waals surface area contributed by atoms with Crippen molar-refractivity contribution >= 4 is 21.6 Å². The molecule has 13 heteroatoms. The molecule has 0 radical (unpaired) electrons. The molecule has 1 atom stereocenters. The van der Waals surface area contributed by atoms with E-state index in [0.717, 1.165) is 11.2 Å². The van der Waals surface area contributed by atoms with Crippen LogP contribution in [0.5, 0.6) is 5.75 Å². The molecule has 0 aromatic heterocycles. The van der Waals surface area contributed by atoms with Gasteiger partial charge in [0.2, 0.25) is 10.0 Å². The Hall–Kier alpha value is -2.80. The van der Waals surface area contributed by atoms with Crippen molar-refractivity contribution in [3.8, 4) is 5.75 Å². The molecule has 2 aromatic rings. The smallest absolute Gasteiger partial charge is 0.416 e. The van der Waals surface area contributed by atoms with Crippen LogP contribution < -0.4 is 10.1 Å². The van der Waals surface area contributed by atoms with Crippen molar-refractivity contribution in [1.29, 1.82) is 0 Å². The lowest BCUT2D eigenvalue weighted by Crippen LogP contribution is -2.31. The number of anilines is 1. The molecule has 0 aliphatic heterocycles. The van der Waals surface area contributed by atoms with E-state index in [0.29, 0.717) is 17.7 Å². The van der Waals surface area contributed by atoms with Gasteiger partial charge in [0.1, 0.15) is 5.75 Å². The van der Waals surface area contributed by atoms with Gasteiger partial charge in [-0.05, 0) is 49.7 Å². The normalized spacial score (nSPS) is 13.7. The second-order valence-corrected chi connectivity index (χ2v) is 9.41. The molecule has 2 aromatic carbocycles. The number of carbonyl (C=O) groups excluding carboxylic acids is 1. The highest BCUT2D eigenvalue weighted by Gasteiger charge is 2.37. The van der Waals surface area contributed by atoms with Gasteiger partial charge in [-0.15, -0.1) is 0 Å². The quantitative estimate of drug-likeness (QED) is 0.587. The average molecular weight is 498 g/mol. The Balaban J connectivity index is 2.31. The molecule has 0 fully saturated rings. The van der Waals surface area contributed by atoms with Crippen LogP contribution >= 0.6 is 0 Å². The molecular formula is C20H20F6N2O4S. The average Bonchev–Trinajstić information content (AvgIpc) is 2.67. The van der Waals surface area contributed by atoms with Crippen LogP contribution in [0.25, 0.3) is 0 Å². The van der Waals surface area contributed by atoms with Gasteiger partial charge >= 0.3 is 12.4 Å². The van der Waals surface area contributed by atoms with Crippen LogP contribution in [-0.4, -0.2) is 38.8 Å². The molecular weight excluding hydrogens is 478 g/mol. The Morgan fingerprint density at radius 3 is 1.94 bits per heavy atom. The maximum atomic E-state index is 13.0. The summed E-state index contributed by atoms with van der Waals surface area (Å²) in [5, 5.41) is 2.38. The predicted molar refractivity (Wildman–Crippen MR) is 107 cm³/mol. The number of halogens is 6. The summed E-state index contributed by atoms with van der Waals surface area (Å²) in [6.45, 7) is 2.69. The fourth-order valence-corrected chi connectivity index (χ4v) is 3.52. The fourth-order valence-electron chi connectivity index (χ4n) is 2.59. The Labute approximate surface area is 186 Å². The fraction of sp³-hybridized carbons (Fsp3) is 0.350. The van der Waals surface area contributed by atoms with Crippen LogP contribution in [0, 0.1) is 6.92 Å². The zero-order valence-electron chi connectivity index (χ0n) is 17.8. The summed E-state index contributed by atoms with van der Waals surface area (Å²) in [4.78, 5) is 12.4. The largest absolute Gasteiger partial charge is 0.481 e. The number of rotatable bonds is 6. The van der Waals surface area contributed by atoms with E-state index in [9.17, 15) is 39.6 Å². The lowest BCUT2D eigenvalue weighted by atomic mass is 10.1.